The Hall–Kier alpha value is -4.40. The normalized spacial score (nSPS) is 12.8. The lowest BCUT2D eigenvalue weighted by atomic mass is 9.82. The lowest BCUT2D eigenvalue weighted by Gasteiger charge is -2.55. The number of anilines is 2. The molecule has 6 N–H and O–H groups in total. The SMILES string of the molecule is CC(=O)Nc1nc(CCc2ccc(NC(NC(=O)O)(N(C(=O)O)C(C)(C)C)C(C)(C)C)cc2)c(C(=O)NCCCC(=O)N(C)C)s1. The fourth-order valence-corrected chi connectivity index (χ4v) is 5.79. The molecule has 254 valence electrons. The zero-order valence-corrected chi connectivity index (χ0v) is 28.8. The van der Waals surface area contributed by atoms with Gasteiger partial charge in [-0.15, -0.1) is 0 Å². The smallest absolute Gasteiger partial charge is 0.411 e. The predicted molar refractivity (Wildman–Crippen MR) is 177 cm³/mol. The maximum atomic E-state index is 13.0. The number of hydrogen-bond donors (Lipinski definition) is 6. The Kier molecular flexibility index (Phi) is 12.5. The summed E-state index contributed by atoms with van der Waals surface area (Å²) in [6, 6.07) is 7.10. The zero-order chi connectivity index (χ0) is 35.0. The van der Waals surface area contributed by atoms with Crippen molar-refractivity contribution >= 4 is 52.1 Å². The van der Waals surface area contributed by atoms with Crippen molar-refractivity contribution in [2.24, 2.45) is 5.41 Å². The molecular formula is C31H47N7O7S. The highest BCUT2D eigenvalue weighted by Crippen LogP contribution is 2.39. The highest BCUT2D eigenvalue weighted by Gasteiger charge is 2.54. The molecule has 2 rings (SSSR count). The van der Waals surface area contributed by atoms with E-state index < -0.39 is 28.9 Å². The van der Waals surface area contributed by atoms with Gasteiger partial charge in [-0.2, -0.15) is 0 Å². The van der Waals surface area contributed by atoms with Crippen molar-refractivity contribution in [1.29, 1.82) is 0 Å². The molecule has 0 saturated carbocycles. The minimum absolute atomic E-state index is 0.0300. The van der Waals surface area contributed by atoms with Crippen molar-refractivity contribution < 1.29 is 34.2 Å². The summed E-state index contributed by atoms with van der Waals surface area (Å²) in [5, 5.41) is 31.4. The van der Waals surface area contributed by atoms with E-state index in [0.717, 1.165) is 21.8 Å². The summed E-state index contributed by atoms with van der Waals surface area (Å²) in [7, 11) is 3.35. The van der Waals surface area contributed by atoms with Gasteiger partial charge in [0.15, 0.2) is 5.13 Å². The number of amides is 5. The third-order valence-corrected chi connectivity index (χ3v) is 8.05. The first-order valence-electron chi connectivity index (χ1n) is 14.8. The number of nitrogens with one attached hydrogen (secondary N) is 4. The molecule has 1 aromatic heterocycles. The van der Waals surface area contributed by atoms with E-state index in [2.05, 4.69) is 26.3 Å². The van der Waals surface area contributed by atoms with Crippen LogP contribution in [0, 0.1) is 5.41 Å². The molecule has 0 aliphatic heterocycles. The van der Waals surface area contributed by atoms with Gasteiger partial charge >= 0.3 is 12.2 Å². The molecule has 14 nitrogen and oxygen atoms in total. The highest BCUT2D eigenvalue weighted by atomic mass is 32.1. The Balaban J connectivity index is 2.29. The minimum atomic E-state index is -1.74. The first-order valence-corrected chi connectivity index (χ1v) is 15.7. The number of thiazole rings is 1. The maximum absolute atomic E-state index is 13.0. The van der Waals surface area contributed by atoms with Crippen molar-refractivity contribution in [2.75, 3.05) is 31.3 Å². The number of nitrogens with zero attached hydrogens (tertiary/aromatic N) is 3. The molecule has 2 aromatic rings. The fourth-order valence-electron chi connectivity index (χ4n) is 4.82. The number of aromatic nitrogens is 1. The average molecular weight is 662 g/mol. The van der Waals surface area contributed by atoms with E-state index in [4.69, 9.17) is 0 Å². The van der Waals surface area contributed by atoms with Crippen LogP contribution in [0.1, 0.15) is 82.2 Å². The van der Waals surface area contributed by atoms with Gasteiger partial charge in [-0.25, -0.2) is 14.6 Å². The first kappa shape index (κ1) is 37.8. The van der Waals surface area contributed by atoms with E-state index in [0.29, 0.717) is 53.6 Å². The Bertz CT molecular complexity index is 1410. The molecule has 15 heteroatoms. The molecular weight excluding hydrogens is 614 g/mol. The molecule has 0 spiro atoms. The molecule has 0 bridgehead atoms. The second-order valence-corrected chi connectivity index (χ2v) is 14.1. The molecule has 0 fully saturated rings. The molecule has 0 aliphatic rings. The van der Waals surface area contributed by atoms with Gasteiger partial charge in [0.1, 0.15) is 4.88 Å². The summed E-state index contributed by atoms with van der Waals surface area (Å²) in [6.45, 7) is 12.0. The molecule has 0 saturated heterocycles. The van der Waals surface area contributed by atoms with E-state index in [1.54, 1.807) is 67.8 Å². The number of carboxylic acid groups (broad SMARTS) is 2. The quantitative estimate of drug-likeness (QED) is 0.131. The van der Waals surface area contributed by atoms with Crippen LogP contribution in [-0.4, -0.2) is 86.9 Å². The summed E-state index contributed by atoms with van der Waals surface area (Å²) in [4.78, 5) is 68.4. The maximum Gasteiger partial charge on any atom is 0.411 e. The number of rotatable bonds is 13. The Morgan fingerprint density at radius 2 is 1.54 bits per heavy atom. The van der Waals surface area contributed by atoms with Gasteiger partial charge in [-0.05, 0) is 57.7 Å². The van der Waals surface area contributed by atoms with Gasteiger partial charge in [-0.3, -0.25) is 24.6 Å². The molecule has 5 amide bonds. The van der Waals surface area contributed by atoms with E-state index >= 15 is 0 Å². The van der Waals surface area contributed by atoms with Crippen molar-refractivity contribution in [1.82, 2.24) is 25.4 Å². The third-order valence-electron chi connectivity index (χ3n) is 7.04. The molecule has 1 unspecified atom stereocenters. The number of carbonyl (C=O) groups excluding carboxylic acids is 3. The monoisotopic (exact) mass is 661 g/mol. The molecule has 46 heavy (non-hydrogen) atoms. The van der Waals surface area contributed by atoms with Gasteiger partial charge in [-0.1, -0.05) is 44.2 Å². The van der Waals surface area contributed by atoms with Crippen LogP contribution in [0.25, 0.3) is 0 Å². The van der Waals surface area contributed by atoms with Gasteiger partial charge in [0.2, 0.25) is 17.6 Å². The molecule has 1 heterocycles. The summed E-state index contributed by atoms with van der Waals surface area (Å²) >= 11 is 1.08. The first-order chi connectivity index (χ1) is 21.2. The number of hydrogen-bond acceptors (Lipinski definition) is 8. The second-order valence-electron chi connectivity index (χ2n) is 13.1. The van der Waals surface area contributed by atoms with Crippen molar-refractivity contribution in [2.45, 2.75) is 85.5 Å². The topological polar surface area (TPSA) is 193 Å². The van der Waals surface area contributed by atoms with Gasteiger partial charge in [0.05, 0.1) is 5.69 Å². The highest BCUT2D eigenvalue weighted by molar-refractivity contribution is 7.17. The van der Waals surface area contributed by atoms with E-state index in [-0.39, 0.29) is 17.7 Å². The van der Waals surface area contributed by atoms with Crippen LogP contribution in [-0.2, 0) is 22.4 Å². The lowest BCUT2D eigenvalue weighted by molar-refractivity contribution is -0.128. The summed E-state index contributed by atoms with van der Waals surface area (Å²) < 4.78 is 0. The van der Waals surface area contributed by atoms with Crippen LogP contribution in [0.3, 0.4) is 0 Å². The summed E-state index contributed by atoms with van der Waals surface area (Å²) in [5.74, 6) is -2.42. The van der Waals surface area contributed by atoms with Crippen LogP contribution >= 0.6 is 11.3 Å². The standard InChI is InChI=1S/C31H47N7O7S/c1-19(39)33-26-34-22(24(46-26)25(41)32-18-10-11-23(40)37(8)9)17-14-20-12-15-21(16-13-20)35-31(29(2,3)4,36-27(42)43)38(28(44)45)30(5,6)7/h12-13,15-16,35-36H,10-11,14,17-18H2,1-9H3,(H,32,41)(H,42,43)(H,44,45)(H,33,34,39). The van der Waals surface area contributed by atoms with Crippen molar-refractivity contribution in [3.63, 3.8) is 0 Å². The largest absolute Gasteiger partial charge is 0.465 e. The minimum Gasteiger partial charge on any atom is -0.465 e. The molecule has 0 radical (unpaired) electrons. The summed E-state index contributed by atoms with van der Waals surface area (Å²) in [5.41, 5.74) is -0.0437. The van der Waals surface area contributed by atoms with E-state index in [9.17, 15) is 34.2 Å². The Morgan fingerprint density at radius 1 is 0.935 bits per heavy atom. The Labute approximate surface area is 273 Å². The lowest BCUT2D eigenvalue weighted by Crippen LogP contribution is -2.76. The average Bonchev–Trinajstić information content (AvgIpc) is 3.30. The van der Waals surface area contributed by atoms with E-state index in [1.165, 1.54) is 11.8 Å². The Morgan fingerprint density at radius 3 is 2.02 bits per heavy atom. The van der Waals surface area contributed by atoms with Crippen LogP contribution in [0.2, 0.25) is 0 Å². The van der Waals surface area contributed by atoms with Gasteiger partial charge in [0.25, 0.3) is 5.91 Å². The van der Waals surface area contributed by atoms with Gasteiger partial charge < -0.3 is 31.1 Å². The predicted octanol–water partition coefficient (Wildman–Crippen LogP) is 4.64. The molecule has 0 aliphatic carbocycles. The fraction of sp³-hybridized carbons (Fsp3) is 0.548. The van der Waals surface area contributed by atoms with Crippen LogP contribution in [0.5, 0.6) is 0 Å². The number of carbonyl (C=O) groups is 5. The third kappa shape index (κ3) is 10.1. The zero-order valence-electron chi connectivity index (χ0n) is 28.0. The second kappa shape index (κ2) is 15.3. The van der Waals surface area contributed by atoms with E-state index in [1.807, 2.05) is 12.1 Å². The van der Waals surface area contributed by atoms with Crippen molar-refractivity contribution in [3.05, 3.63) is 40.4 Å². The van der Waals surface area contributed by atoms with Gasteiger partial charge in [0, 0.05) is 50.6 Å². The number of benzene rings is 1. The van der Waals surface area contributed by atoms with Crippen LogP contribution in [0.4, 0.5) is 20.4 Å². The van der Waals surface area contributed by atoms with Crippen LogP contribution < -0.4 is 21.3 Å². The van der Waals surface area contributed by atoms with Crippen LogP contribution in [0.15, 0.2) is 24.3 Å². The summed E-state index contributed by atoms with van der Waals surface area (Å²) in [6.07, 6.45) is -1.04. The molecule has 1 aromatic carbocycles. The van der Waals surface area contributed by atoms with Crippen molar-refractivity contribution in [3.8, 4) is 0 Å². The molecule has 1 atom stereocenters. The number of aryl methyl sites for hydroxylation is 2.